The van der Waals surface area contributed by atoms with Crippen LogP contribution >= 0.6 is 15.9 Å². The summed E-state index contributed by atoms with van der Waals surface area (Å²) in [5.41, 5.74) is 7.66. The molecule has 19 heavy (non-hydrogen) atoms. The zero-order chi connectivity index (χ0) is 14.2. The zero-order valence-electron chi connectivity index (χ0n) is 12.4. The predicted octanol–water partition coefficient (Wildman–Crippen LogP) is 3.10. The lowest BCUT2D eigenvalue weighted by molar-refractivity contribution is 0.119. The molecule has 1 unspecified atom stereocenters. The van der Waals surface area contributed by atoms with E-state index in [9.17, 15) is 0 Å². The first-order chi connectivity index (χ1) is 8.85. The summed E-state index contributed by atoms with van der Waals surface area (Å²) < 4.78 is 3.05. The molecule has 4 nitrogen and oxygen atoms in total. The first-order valence-corrected chi connectivity index (χ1v) is 7.88. The molecule has 0 spiro atoms. The quantitative estimate of drug-likeness (QED) is 0.923. The van der Waals surface area contributed by atoms with Gasteiger partial charge in [-0.05, 0) is 69.6 Å². The van der Waals surface area contributed by atoms with Crippen LogP contribution in [0.4, 0.5) is 0 Å². The summed E-state index contributed by atoms with van der Waals surface area (Å²) in [4.78, 5) is 2.50. The molecule has 0 aromatic carbocycles. The van der Waals surface area contributed by atoms with Crippen molar-refractivity contribution in [1.82, 2.24) is 14.7 Å². The summed E-state index contributed by atoms with van der Waals surface area (Å²) in [6, 6.07) is 0.270. The topological polar surface area (TPSA) is 47.1 Å². The van der Waals surface area contributed by atoms with E-state index in [4.69, 9.17) is 5.73 Å². The van der Waals surface area contributed by atoms with E-state index in [1.54, 1.807) is 0 Å². The van der Waals surface area contributed by atoms with Crippen LogP contribution in [0.5, 0.6) is 0 Å². The number of rotatable bonds is 4. The van der Waals surface area contributed by atoms with Gasteiger partial charge >= 0.3 is 0 Å². The minimum absolute atomic E-state index is 0.0499. The molecule has 2 N–H and O–H groups in total. The van der Waals surface area contributed by atoms with Gasteiger partial charge in [0.25, 0.3) is 0 Å². The summed E-state index contributed by atoms with van der Waals surface area (Å²) in [5.74, 6) is 0. The molecule has 1 aromatic heterocycles. The molecule has 1 aliphatic heterocycles. The molecular formula is C14H25BrN4. The molecule has 1 saturated heterocycles. The van der Waals surface area contributed by atoms with E-state index in [2.05, 4.69) is 53.6 Å². The summed E-state index contributed by atoms with van der Waals surface area (Å²) in [7, 11) is 0. The fourth-order valence-electron chi connectivity index (χ4n) is 2.88. The number of nitrogens with two attached hydrogens (primary N) is 1. The lowest BCUT2D eigenvalue weighted by atomic mass is 9.90. The number of nitrogens with zero attached hydrogens (tertiary/aromatic N) is 3. The van der Waals surface area contributed by atoms with Crippen molar-refractivity contribution in [1.29, 1.82) is 0 Å². The van der Waals surface area contributed by atoms with Crippen LogP contribution in [0, 0.1) is 0 Å². The van der Waals surface area contributed by atoms with Crippen molar-refractivity contribution >= 4 is 15.9 Å². The van der Waals surface area contributed by atoms with Gasteiger partial charge in [0.05, 0.1) is 22.4 Å². The SMILES string of the molecule is CC(C)n1ncc(Br)c1C(N)C(C)(C)N1CCCC1. The largest absolute Gasteiger partial charge is 0.321 e. The Hall–Kier alpha value is -0.390. The van der Waals surface area contributed by atoms with Gasteiger partial charge in [0.1, 0.15) is 0 Å². The van der Waals surface area contributed by atoms with Crippen LogP contribution in [-0.4, -0.2) is 33.3 Å². The van der Waals surface area contributed by atoms with Crippen molar-refractivity contribution in [2.24, 2.45) is 5.73 Å². The number of likely N-dealkylation sites (tertiary alicyclic amines) is 1. The summed E-state index contributed by atoms with van der Waals surface area (Å²) in [6.45, 7) is 11.1. The average molecular weight is 329 g/mol. The van der Waals surface area contributed by atoms with Crippen LogP contribution in [0.3, 0.4) is 0 Å². The zero-order valence-corrected chi connectivity index (χ0v) is 13.9. The van der Waals surface area contributed by atoms with Gasteiger partial charge in [-0.25, -0.2) is 0 Å². The van der Waals surface area contributed by atoms with E-state index in [0.29, 0.717) is 6.04 Å². The second kappa shape index (κ2) is 5.54. The standard InChI is InChI=1S/C14H25BrN4/c1-10(2)19-12(11(15)9-17-19)13(16)14(3,4)18-7-5-6-8-18/h9-10,13H,5-8,16H2,1-4H3. The Labute approximate surface area is 124 Å². The molecule has 1 aliphatic rings. The maximum Gasteiger partial charge on any atom is 0.0715 e. The number of hydrogen-bond donors (Lipinski definition) is 1. The Kier molecular flexibility index (Phi) is 4.38. The van der Waals surface area contributed by atoms with Crippen LogP contribution < -0.4 is 5.73 Å². The third-order valence-electron chi connectivity index (χ3n) is 4.25. The van der Waals surface area contributed by atoms with Crippen molar-refractivity contribution in [2.75, 3.05) is 13.1 Å². The van der Waals surface area contributed by atoms with Crippen LogP contribution in [-0.2, 0) is 0 Å². The highest BCUT2D eigenvalue weighted by Crippen LogP contribution is 2.35. The highest BCUT2D eigenvalue weighted by Gasteiger charge is 2.38. The Morgan fingerprint density at radius 3 is 2.42 bits per heavy atom. The third-order valence-corrected chi connectivity index (χ3v) is 4.86. The van der Waals surface area contributed by atoms with E-state index in [-0.39, 0.29) is 11.6 Å². The smallest absolute Gasteiger partial charge is 0.0715 e. The van der Waals surface area contributed by atoms with E-state index in [1.165, 1.54) is 12.8 Å². The van der Waals surface area contributed by atoms with Crippen molar-refractivity contribution in [2.45, 2.75) is 58.2 Å². The van der Waals surface area contributed by atoms with E-state index >= 15 is 0 Å². The Morgan fingerprint density at radius 1 is 1.32 bits per heavy atom. The first-order valence-electron chi connectivity index (χ1n) is 7.09. The fourth-order valence-corrected chi connectivity index (χ4v) is 3.40. The van der Waals surface area contributed by atoms with Gasteiger partial charge in [0.15, 0.2) is 0 Å². The Bertz CT molecular complexity index is 433. The molecule has 108 valence electrons. The number of hydrogen-bond acceptors (Lipinski definition) is 3. The molecule has 0 aliphatic carbocycles. The summed E-state index contributed by atoms with van der Waals surface area (Å²) >= 11 is 3.61. The molecule has 2 rings (SSSR count). The number of aromatic nitrogens is 2. The molecule has 1 fully saturated rings. The van der Waals surface area contributed by atoms with Crippen LogP contribution in [0.1, 0.15) is 58.3 Å². The van der Waals surface area contributed by atoms with Gasteiger partial charge in [-0.1, -0.05) is 0 Å². The van der Waals surface area contributed by atoms with Gasteiger partial charge < -0.3 is 5.73 Å². The second-order valence-electron chi connectivity index (χ2n) is 6.24. The van der Waals surface area contributed by atoms with E-state index in [0.717, 1.165) is 23.3 Å². The number of halogens is 1. The van der Waals surface area contributed by atoms with E-state index in [1.807, 2.05) is 10.9 Å². The lowest BCUT2D eigenvalue weighted by Gasteiger charge is -2.40. The molecule has 0 amide bonds. The van der Waals surface area contributed by atoms with Crippen molar-refractivity contribution in [3.8, 4) is 0 Å². The molecule has 0 saturated carbocycles. The maximum atomic E-state index is 6.60. The highest BCUT2D eigenvalue weighted by molar-refractivity contribution is 9.10. The Morgan fingerprint density at radius 2 is 1.89 bits per heavy atom. The van der Waals surface area contributed by atoms with Gasteiger partial charge in [-0.2, -0.15) is 5.10 Å². The molecule has 2 heterocycles. The van der Waals surface area contributed by atoms with Gasteiger partial charge in [0, 0.05) is 11.6 Å². The van der Waals surface area contributed by atoms with Crippen LogP contribution in [0.25, 0.3) is 0 Å². The van der Waals surface area contributed by atoms with Crippen LogP contribution in [0.15, 0.2) is 10.7 Å². The highest BCUT2D eigenvalue weighted by atomic mass is 79.9. The molecule has 0 bridgehead atoms. The van der Waals surface area contributed by atoms with Crippen molar-refractivity contribution in [3.63, 3.8) is 0 Å². The van der Waals surface area contributed by atoms with Crippen LogP contribution in [0.2, 0.25) is 0 Å². The normalized spacial score (nSPS) is 19.3. The molecular weight excluding hydrogens is 304 g/mol. The lowest BCUT2D eigenvalue weighted by Crippen LogP contribution is -2.50. The minimum atomic E-state index is -0.0510. The van der Waals surface area contributed by atoms with Crippen molar-refractivity contribution < 1.29 is 0 Å². The fraction of sp³-hybridized carbons (Fsp3) is 0.786. The molecule has 1 aromatic rings. The monoisotopic (exact) mass is 328 g/mol. The summed E-state index contributed by atoms with van der Waals surface area (Å²) in [5, 5.41) is 4.45. The summed E-state index contributed by atoms with van der Waals surface area (Å²) in [6.07, 6.45) is 4.41. The maximum absolute atomic E-state index is 6.60. The van der Waals surface area contributed by atoms with Gasteiger partial charge in [-0.3, -0.25) is 9.58 Å². The minimum Gasteiger partial charge on any atom is -0.321 e. The van der Waals surface area contributed by atoms with Gasteiger partial charge in [0.2, 0.25) is 0 Å². The first kappa shape index (κ1) is 15.0. The predicted molar refractivity (Wildman–Crippen MR) is 82.1 cm³/mol. The third kappa shape index (κ3) is 2.73. The molecule has 0 radical (unpaired) electrons. The second-order valence-corrected chi connectivity index (χ2v) is 7.10. The molecule has 1 atom stereocenters. The van der Waals surface area contributed by atoms with Crippen molar-refractivity contribution in [3.05, 3.63) is 16.4 Å². The van der Waals surface area contributed by atoms with Gasteiger partial charge in [-0.15, -0.1) is 0 Å². The Balaban J connectivity index is 2.32. The average Bonchev–Trinajstić information content (AvgIpc) is 2.96. The molecule has 5 heteroatoms. The van der Waals surface area contributed by atoms with E-state index < -0.39 is 0 Å².